The first-order valence-corrected chi connectivity index (χ1v) is 6.58. The molecule has 0 spiro atoms. The second kappa shape index (κ2) is 5.40. The van der Waals surface area contributed by atoms with Crippen molar-refractivity contribution in [3.8, 4) is 5.69 Å². The van der Waals surface area contributed by atoms with Crippen molar-refractivity contribution in [3.05, 3.63) is 52.8 Å². The third kappa shape index (κ3) is 2.82. The largest absolute Gasteiger partial charge is 0.352 e. The molecule has 1 aromatic carbocycles. The molecule has 0 saturated heterocycles. The van der Waals surface area contributed by atoms with Gasteiger partial charge in [0, 0.05) is 22.9 Å². The van der Waals surface area contributed by atoms with Gasteiger partial charge in [-0.15, -0.1) is 6.58 Å². The van der Waals surface area contributed by atoms with Gasteiger partial charge in [-0.2, -0.15) is 0 Å². The number of aromatic nitrogens is 2. The van der Waals surface area contributed by atoms with Crippen LogP contribution >= 0.6 is 15.9 Å². The zero-order chi connectivity index (χ0) is 13.1. The Hall–Kier alpha value is -1.55. The van der Waals surface area contributed by atoms with Crippen molar-refractivity contribution in [3.63, 3.8) is 0 Å². The molecule has 0 aliphatic heterocycles. The molecule has 0 fully saturated rings. The Morgan fingerprint density at radius 1 is 1.39 bits per heavy atom. The van der Waals surface area contributed by atoms with Gasteiger partial charge in [-0.1, -0.05) is 22.0 Å². The van der Waals surface area contributed by atoms with E-state index in [1.165, 1.54) is 5.56 Å². The third-order valence-electron chi connectivity index (χ3n) is 2.54. The van der Waals surface area contributed by atoms with Crippen molar-refractivity contribution < 1.29 is 0 Å². The quantitative estimate of drug-likeness (QED) is 0.870. The number of rotatable bonds is 4. The van der Waals surface area contributed by atoms with Crippen LogP contribution < -0.4 is 5.32 Å². The molecule has 0 aliphatic carbocycles. The Labute approximate surface area is 116 Å². The van der Waals surface area contributed by atoms with Gasteiger partial charge in [0.05, 0.1) is 5.69 Å². The monoisotopic (exact) mass is 305 g/mol. The van der Waals surface area contributed by atoms with Crippen molar-refractivity contribution in [2.24, 2.45) is 0 Å². The van der Waals surface area contributed by atoms with Gasteiger partial charge in [-0.3, -0.25) is 4.57 Å². The second-order valence-corrected chi connectivity index (χ2v) is 5.15. The zero-order valence-electron chi connectivity index (χ0n) is 10.6. The maximum Gasteiger partial charge on any atom is 0.207 e. The molecule has 2 aromatic rings. The van der Waals surface area contributed by atoms with Crippen molar-refractivity contribution in [1.29, 1.82) is 0 Å². The summed E-state index contributed by atoms with van der Waals surface area (Å²) < 4.78 is 3.12. The number of halogens is 1. The summed E-state index contributed by atoms with van der Waals surface area (Å²) in [7, 11) is 0. The number of imidazole rings is 1. The first-order valence-electron chi connectivity index (χ1n) is 5.78. The standard InChI is InChI=1S/C14H16BrN3/c1-4-5-16-14-17-11(3)9-18(14)13-7-10(2)6-12(15)8-13/h4,6-9H,1,5H2,2-3H3,(H,16,17). The maximum atomic E-state index is 4.47. The van der Waals surface area contributed by atoms with E-state index >= 15 is 0 Å². The lowest BCUT2D eigenvalue weighted by Crippen LogP contribution is -2.05. The smallest absolute Gasteiger partial charge is 0.207 e. The van der Waals surface area contributed by atoms with Crippen molar-refractivity contribution in [1.82, 2.24) is 9.55 Å². The SMILES string of the molecule is C=CCNc1nc(C)cn1-c1cc(C)cc(Br)c1. The number of nitrogens with one attached hydrogen (secondary N) is 1. The van der Waals surface area contributed by atoms with E-state index < -0.39 is 0 Å². The van der Waals surface area contributed by atoms with Crippen molar-refractivity contribution >= 4 is 21.9 Å². The van der Waals surface area contributed by atoms with Crippen LogP contribution in [0.25, 0.3) is 5.69 Å². The summed E-state index contributed by atoms with van der Waals surface area (Å²) in [6.07, 6.45) is 3.84. The number of nitrogens with zero attached hydrogens (tertiary/aromatic N) is 2. The topological polar surface area (TPSA) is 29.9 Å². The van der Waals surface area contributed by atoms with Gasteiger partial charge in [0.25, 0.3) is 0 Å². The molecule has 1 heterocycles. The predicted octanol–water partition coefficient (Wildman–Crippen LogP) is 3.85. The average Bonchev–Trinajstić information content (AvgIpc) is 2.66. The van der Waals surface area contributed by atoms with Crippen LogP contribution in [0.2, 0.25) is 0 Å². The van der Waals surface area contributed by atoms with Gasteiger partial charge in [0.1, 0.15) is 0 Å². The van der Waals surface area contributed by atoms with E-state index in [4.69, 9.17) is 0 Å². The molecular formula is C14H16BrN3. The van der Waals surface area contributed by atoms with Gasteiger partial charge in [-0.25, -0.2) is 4.98 Å². The highest BCUT2D eigenvalue weighted by atomic mass is 79.9. The van der Waals surface area contributed by atoms with Crippen LogP contribution in [0.4, 0.5) is 5.95 Å². The van der Waals surface area contributed by atoms with Gasteiger partial charge in [0.2, 0.25) is 5.95 Å². The molecule has 1 N–H and O–H groups in total. The summed E-state index contributed by atoms with van der Waals surface area (Å²) in [5.41, 5.74) is 3.29. The van der Waals surface area contributed by atoms with E-state index in [-0.39, 0.29) is 0 Å². The van der Waals surface area contributed by atoms with Crippen molar-refractivity contribution in [2.45, 2.75) is 13.8 Å². The second-order valence-electron chi connectivity index (χ2n) is 4.23. The fourth-order valence-corrected chi connectivity index (χ4v) is 2.43. The Balaban J connectivity index is 2.45. The maximum absolute atomic E-state index is 4.47. The number of hydrogen-bond acceptors (Lipinski definition) is 2. The minimum atomic E-state index is 0.698. The highest BCUT2D eigenvalue weighted by molar-refractivity contribution is 9.10. The van der Waals surface area contributed by atoms with Gasteiger partial charge >= 0.3 is 0 Å². The Morgan fingerprint density at radius 3 is 2.83 bits per heavy atom. The van der Waals surface area contributed by atoms with E-state index in [0.29, 0.717) is 6.54 Å². The molecule has 2 rings (SSSR count). The molecule has 0 bridgehead atoms. The van der Waals surface area contributed by atoms with Crippen LogP contribution in [-0.2, 0) is 0 Å². The highest BCUT2D eigenvalue weighted by Crippen LogP contribution is 2.22. The fourth-order valence-electron chi connectivity index (χ4n) is 1.84. The molecular weight excluding hydrogens is 290 g/mol. The Kier molecular flexibility index (Phi) is 3.87. The lowest BCUT2D eigenvalue weighted by atomic mass is 10.2. The highest BCUT2D eigenvalue weighted by Gasteiger charge is 2.07. The molecule has 0 saturated carbocycles. The van der Waals surface area contributed by atoms with E-state index in [1.54, 1.807) is 0 Å². The number of aryl methyl sites for hydroxylation is 2. The summed E-state index contributed by atoms with van der Waals surface area (Å²) in [5, 5.41) is 3.24. The predicted molar refractivity (Wildman–Crippen MR) is 79.4 cm³/mol. The van der Waals surface area contributed by atoms with E-state index in [0.717, 1.165) is 21.8 Å². The molecule has 0 atom stereocenters. The number of benzene rings is 1. The fraction of sp³-hybridized carbons (Fsp3) is 0.214. The zero-order valence-corrected chi connectivity index (χ0v) is 12.2. The molecule has 0 radical (unpaired) electrons. The molecule has 1 aromatic heterocycles. The summed E-state index contributed by atoms with van der Waals surface area (Å²) in [6.45, 7) is 8.47. The average molecular weight is 306 g/mol. The van der Waals surface area contributed by atoms with Crippen LogP contribution in [0.3, 0.4) is 0 Å². The van der Waals surface area contributed by atoms with Gasteiger partial charge in [-0.05, 0) is 37.6 Å². The number of anilines is 1. The Bertz CT molecular complexity index is 552. The summed E-state index contributed by atoms with van der Waals surface area (Å²) in [4.78, 5) is 4.47. The van der Waals surface area contributed by atoms with Crippen molar-refractivity contribution in [2.75, 3.05) is 11.9 Å². The van der Waals surface area contributed by atoms with E-state index in [1.807, 2.05) is 19.2 Å². The molecule has 3 nitrogen and oxygen atoms in total. The van der Waals surface area contributed by atoms with Crippen LogP contribution in [-0.4, -0.2) is 16.1 Å². The minimum absolute atomic E-state index is 0.698. The van der Waals surface area contributed by atoms with Gasteiger partial charge < -0.3 is 5.32 Å². The summed E-state index contributed by atoms with van der Waals surface area (Å²) in [5.74, 6) is 0.838. The van der Waals surface area contributed by atoms with Crippen LogP contribution in [0.1, 0.15) is 11.3 Å². The summed E-state index contributed by atoms with van der Waals surface area (Å²) >= 11 is 3.52. The molecule has 94 valence electrons. The first kappa shape index (κ1) is 12.9. The van der Waals surface area contributed by atoms with E-state index in [2.05, 4.69) is 62.5 Å². The lowest BCUT2D eigenvalue weighted by Gasteiger charge is -2.09. The molecule has 0 unspecified atom stereocenters. The Morgan fingerprint density at radius 2 is 2.17 bits per heavy atom. The van der Waals surface area contributed by atoms with Crippen LogP contribution in [0, 0.1) is 13.8 Å². The summed E-state index contributed by atoms with van der Waals surface area (Å²) in [6, 6.07) is 6.29. The van der Waals surface area contributed by atoms with Gasteiger partial charge in [0.15, 0.2) is 0 Å². The molecule has 4 heteroatoms. The van der Waals surface area contributed by atoms with Crippen LogP contribution in [0.5, 0.6) is 0 Å². The lowest BCUT2D eigenvalue weighted by molar-refractivity contribution is 1.03. The first-order chi connectivity index (χ1) is 8.60. The normalized spacial score (nSPS) is 10.4. The van der Waals surface area contributed by atoms with E-state index in [9.17, 15) is 0 Å². The number of hydrogen-bond donors (Lipinski definition) is 1. The molecule has 18 heavy (non-hydrogen) atoms. The van der Waals surface area contributed by atoms with Crippen LogP contribution in [0.15, 0.2) is 41.5 Å². The minimum Gasteiger partial charge on any atom is -0.352 e. The third-order valence-corrected chi connectivity index (χ3v) is 2.99. The molecule has 0 amide bonds. The molecule has 0 aliphatic rings.